The molecule has 11 nitrogen and oxygen atoms in total. The van der Waals surface area contributed by atoms with Crippen LogP contribution in [0.1, 0.15) is 24.2 Å². The Kier molecular flexibility index (Phi) is 6.89. The van der Waals surface area contributed by atoms with Gasteiger partial charge in [0.1, 0.15) is 23.3 Å². The Balaban J connectivity index is 1.81. The zero-order valence-corrected chi connectivity index (χ0v) is 20.6. The fraction of sp³-hybridized carbons (Fsp3) is 0.192. The molecule has 0 aliphatic rings. The highest BCUT2D eigenvalue weighted by molar-refractivity contribution is 6.01. The van der Waals surface area contributed by atoms with E-state index >= 15 is 0 Å². The lowest BCUT2D eigenvalue weighted by atomic mass is 9.98. The Bertz CT molecular complexity index is 1490. The highest BCUT2D eigenvalue weighted by Gasteiger charge is 2.23. The maximum atomic E-state index is 12.8. The van der Waals surface area contributed by atoms with Gasteiger partial charge in [-0.2, -0.15) is 0 Å². The third-order valence-electron chi connectivity index (χ3n) is 5.50. The lowest BCUT2D eigenvalue weighted by Crippen LogP contribution is -2.38. The second-order valence-electron chi connectivity index (χ2n) is 8.89. The number of amides is 2. The Morgan fingerprint density at radius 1 is 1.19 bits per heavy atom. The Morgan fingerprint density at radius 2 is 1.89 bits per heavy atom. The number of nitrogens with zero attached hydrogens (tertiary/aromatic N) is 4. The number of hydrogen-bond acceptors (Lipinski definition) is 8. The van der Waals surface area contributed by atoms with Crippen molar-refractivity contribution in [2.24, 2.45) is 0 Å². The number of benzene rings is 2. The van der Waals surface area contributed by atoms with Crippen LogP contribution in [0.3, 0.4) is 0 Å². The number of aromatic nitrogens is 4. The van der Waals surface area contributed by atoms with Gasteiger partial charge in [-0.1, -0.05) is 24.8 Å². The zero-order valence-electron chi connectivity index (χ0n) is 20.6. The number of hydrogen-bond donors (Lipinski definition) is 4. The first-order valence-electron chi connectivity index (χ1n) is 11.3. The molecule has 0 aliphatic carbocycles. The largest absolute Gasteiger partial charge is 0.496 e. The second kappa shape index (κ2) is 10.1. The van der Waals surface area contributed by atoms with Crippen LogP contribution in [0.2, 0.25) is 0 Å². The molecule has 4 aromatic rings. The van der Waals surface area contributed by atoms with Gasteiger partial charge in [-0.15, -0.1) is 14.8 Å². The molecule has 2 heterocycles. The smallest absolute Gasteiger partial charge is 0.255 e. The summed E-state index contributed by atoms with van der Waals surface area (Å²) in [6.07, 6.45) is 2.51. The van der Waals surface area contributed by atoms with E-state index in [2.05, 4.69) is 32.4 Å². The van der Waals surface area contributed by atoms with Crippen LogP contribution in [0, 0.1) is 0 Å². The number of nitrogens with one attached hydrogen (secondary N) is 2. The average molecular weight is 502 g/mol. The van der Waals surface area contributed by atoms with Gasteiger partial charge in [0.05, 0.1) is 18.3 Å². The summed E-state index contributed by atoms with van der Waals surface area (Å²) in [5.74, 6) is -0.146. The van der Waals surface area contributed by atoms with Crippen molar-refractivity contribution in [1.29, 1.82) is 0 Å². The van der Waals surface area contributed by atoms with Crippen LogP contribution in [0.25, 0.3) is 27.9 Å². The third kappa shape index (κ3) is 5.41. The highest BCUT2D eigenvalue weighted by atomic mass is 16.5. The lowest BCUT2D eigenvalue weighted by molar-refractivity contribution is -0.111. The van der Waals surface area contributed by atoms with Gasteiger partial charge in [0, 0.05) is 23.4 Å². The molecule has 0 aliphatic heterocycles. The van der Waals surface area contributed by atoms with Gasteiger partial charge in [-0.25, -0.2) is 4.98 Å². The Hall–Kier alpha value is -4.77. The van der Waals surface area contributed by atoms with Crippen molar-refractivity contribution in [3.8, 4) is 28.1 Å². The second-order valence-corrected chi connectivity index (χ2v) is 8.89. The minimum atomic E-state index is -1.06. The lowest BCUT2D eigenvalue weighted by Gasteiger charge is -2.18. The number of rotatable bonds is 8. The van der Waals surface area contributed by atoms with Crippen LogP contribution < -0.4 is 21.1 Å². The van der Waals surface area contributed by atoms with Crippen LogP contribution in [0.4, 0.5) is 11.5 Å². The Labute approximate surface area is 213 Å². The van der Waals surface area contributed by atoms with Gasteiger partial charge in [-0.3, -0.25) is 9.59 Å². The number of methoxy groups -OCH3 is 1. The van der Waals surface area contributed by atoms with Crippen LogP contribution >= 0.6 is 0 Å². The molecule has 0 fully saturated rings. The minimum absolute atomic E-state index is 0.0755. The number of carbonyl (C=O) groups excluding carboxylic acids is 2. The molecule has 2 aromatic heterocycles. The molecular weight excluding hydrogens is 474 g/mol. The van der Waals surface area contributed by atoms with Gasteiger partial charge < -0.3 is 26.2 Å². The zero-order chi connectivity index (χ0) is 26.7. The van der Waals surface area contributed by atoms with Crippen molar-refractivity contribution in [2.45, 2.75) is 19.4 Å². The standard InChI is InChI=1S/C26H27N7O4/c1-5-20(34)31-17-9-6-15(7-10-17)22-21(23-24(27)29-14-30-33(23)32-22)16-8-11-18(19(12-16)37-4)25(35)28-13-26(2,3)36/h5-12,14,36H,1,13H2,2-4H3,(H,28,35)(H,31,34)(H2,27,29,30). The van der Waals surface area contributed by atoms with E-state index in [1.807, 2.05) is 12.1 Å². The van der Waals surface area contributed by atoms with Crippen LogP contribution in [0.5, 0.6) is 5.75 Å². The molecule has 4 rings (SSSR count). The Morgan fingerprint density at radius 3 is 2.54 bits per heavy atom. The quantitative estimate of drug-likeness (QED) is 0.268. The van der Waals surface area contributed by atoms with E-state index in [0.29, 0.717) is 39.3 Å². The van der Waals surface area contributed by atoms with Gasteiger partial charge >= 0.3 is 0 Å². The molecule has 2 amide bonds. The van der Waals surface area contributed by atoms with E-state index in [-0.39, 0.29) is 24.2 Å². The van der Waals surface area contributed by atoms with Gasteiger partial charge in [0.15, 0.2) is 5.82 Å². The number of anilines is 2. The maximum absolute atomic E-state index is 12.8. The van der Waals surface area contributed by atoms with Crippen LogP contribution in [0.15, 0.2) is 61.4 Å². The molecule has 0 bridgehead atoms. The summed E-state index contributed by atoms with van der Waals surface area (Å²) in [7, 11) is 1.47. The molecule has 37 heavy (non-hydrogen) atoms. The molecular formula is C26H27N7O4. The van der Waals surface area contributed by atoms with Gasteiger partial charge in [0.2, 0.25) is 5.91 Å². The van der Waals surface area contributed by atoms with E-state index in [1.54, 1.807) is 44.2 Å². The van der Waals surface area contributed by atoms with Gasteiger partial charge in [0.25, 0.3) is 5.91 Å². The SMILES string of the molecule is C=CC(=O)Nc1ccc(-c2nn3ncnc(N)c3c2-c2ccc(C(=O)NCC(C)(C)O)c(OC)c2)cc1. The van der Waals surface area contributed by atoms with E-state index in [4.69, 9.17) is 10.5 Å². The van der Waals surface area contributed by atoms with Crippen LogP contribution in [-0.2, 0) is 4.79 Å². The fourth-order valence-corrected chi connectivity index (χ4v) is 3.73. The number of aliphatic hydroxyl groups is 1. The topological polar surface area (TPSA) is 157 Å². The van der Waals surface area contributed by atoms with Crippen molar-refractivity contribution in [3.63, 3.8) is 0 Å². The minimum Gasteiger partial charge on any atom is -0.496 e. The first-order valence-corrected chi connectivity index (χ1v) is 11.3. The summed E-state index contributed by atoms with van der Waals surface area (Å²) in [5.41, 5.74) is 9.17. The molecule has 0 saturated carbocycles. The summed E-state index contributed by atoms with van der Waals surface area (Å²) >= 11 is 0. The number of carbonyl (C=O) groups is 2. The summed E-state index contributed by atoms with van der Waals surface area (Å²) in [4.78, 5) is 28.5. The van der Waals surface area contributed by atoms with Crippen molar-refractivity contribution >= 4 is 28.8 Å². The molecule has 11 heteroatoms. The normalized spacial score (nSPS) is 11.2. The van der Waals surface area contributed by atoms with Crippen molar-refractivity contribution in [2.75, 3.05) is 24.7 Å². The van der Waals surface area contributed by atoms with E-state index < -0.39 is 5.60 Å². The number of fused-ring (bicyclic) bond motifs is 1. The number of ether oxygens (including phenoxy) is 1. The molecule has 2 aromatic carbocycles. The summed E-state index contributed by atoms with van der Waals surface area (Å²) in [5, 5.41) is 24.2. The molecule has 0 atom stereocenters. The molecule has 190 valence electrons. The summed E-state index contributed by atoms with van der Waals surface area (Å²) in [6.45, 7) is 6.74. The third-order valence-corrected chi connectivity index (χ3v) is 5.50. The highest BCUT2D eigenvalue weighted by Crippen LogP contribution is 2.38. The fourth-order valence-electron chi connectivity index (χ4n) is 3.73. The van der Waals surface area contributed by atoms with Gasteiger partial charge in [-0.05, 0) is 49.8 Å². The van der Waals surface area contributed by atoms with E-state index in [1.165, 1.54) is 24.1 Å². The number of nitrogens with two attached hydrogens (primary N) is 1. The summed E-state index contributed by atoms with van der Waals surface area (Å²) in [6, 6.07) is 12.2. The summed E-state index contributed by atoms with van der Waals surface area (Å²) < 4.78 is 6.93. The van der Waals surface area contributed by atoms with E-state index in [9.17, 15) is 14.7 Å². The molecule has 0 spiro atoms. The molecule has 0 unspecified atom stereocenters. The first kappa shape index (κ1) is 25.3. The maximum Gasteiger partial charge on any atom is 0.255 e. The average Bonchev–Trinajstić information content (AvgIpc) is 3.27. The van der Waals surface area contributed by atoms with Crippen molar-refractivity contribution < 1.29 is 19.4 Å². The van der Waals surface area contributed by atoms with Crippen molar-refractivity contribution in [3.05, 3.63) is 67.0 Å². The monoisotopic (exact) mass is 501 g/mol. The number of nitrogen functional groups attached to an aromatic ring is 1. The first-order chi connectivity index (χ1) is 17.6. The molecule has 5 N–H and O–H groups in total. The molecule has 0 saturated heterocycles. The van der Waals surface area contributed by atoms with E-state index in [0.717, 1.165) is 5.56 Å². The molecule has 0 radical (unpaired) electrons. The predicted octanol–water partition coefficient (Wildman–Crippen LogP) is 2.67. The predicted molar refractivity (Wildman–Crippen MR) is 140 cm³/mol. The van der Waals surface area contributed by atoms with Crippen LogP contribution in [-0.4, -0.2) is 56.0 Å². The van der Waals surface area contributed by atoms with Crippen molar-refractivity contribution in [1.82, 2.24) is 25.1 Å².